The van der Waals surface area contributed by atoms with Crippen LogP contribution in [0.2, 0.25) is 0 Å². The Labute approximate surface area is 195 Å². The fourth-order valence-corrected chi connectivity index (χ4v) is 5.67. The number of aromatic nitrogens is 3. The minimum atomic E-state index is -0.0218. The molecule has 6 heteroatoms. The van der Waals surface area contributed by atoms with Gasteiger partial charge in [0.05, 0.1) is 6.33 Å². The first kappa shape index (κ1) is 21.8. The van der Waals surface area contributed by atoms with Gasteiger partial charge in [-0.3, -0.25) is 9.36 Å². The summed E-state index contributed by atoms with van der Waals surface area (Å²) in [6.07, 6.45) is 12.6. The van der Waals surface area contributed by atoms with Gasteiger partial charge >= 0.3 is 0 Å². The Morgan fingerprint density at radius 1 is 1.00 bits per heavy atom. The van der Waals surface area contributed by atoms with E-state index in [2.05, 4.69) is 32.7 Å². The fourth-order valence-electron chi connectivity index (χ4n) is 5.67. The van der Waals surface area contributed by atoms with Crippen LogP contribution in [0.1, 0.15) is 68.9 Å². The molecule has 1 saturated carbocycles. The van der Waals surface area contributed by atoms with Crippen LogP contribution in [0, 0.1) is 17.2 Å². The van der Waals surface area contributed by atoms with Gasteiger partial charge in [0.2, 0.25) is 0 Å². The Balaban J connectivity index is 1.59. The Hall–Kier alpha value is -3.07. The highest BCUT2D eigenvalue weighted by molar-refractivity contribution is 5.89. The number of piperidine rings is 1. The van der Waals surface area contributed by atoms with Gasteiger partial charge in [0.25, 0.3) is 5.56 Å². The Kier molecular flexibility index (Phi) is 6.48. The van der Waals surface area contributed by atoms with Gasteiger partial charge in [-0.15, -0.1) is 0 Å². The van der Waals surface area contributed by atoms with Crippen molar-refractivity contribution in [2.24, 2.45) is 5.92 Å². The van der Waals surface area contributed by atoms with Crippen LogP contribution in [-0.4, -0.2) is 27.2 Å². The first-order valence-electron chi connectivity index (χ1n) is 12.6. The van der Waals surface area contributed by atoms with Gasteiger partial charge in [-0.05, 0) is 37.2 Å². The molecule has 3 heterocycles. The zero-order chi connectivity index (χ0) is 22.6. The zero-order valence-electron chi connectivity index (χ0n) is 19.4. The Morgan fingerprint density at radius 2 is 1.73 bits per heavy atom. The second kappa shape index (κ2) is 9.82. The van der Waals surface area contributed by atoms with E-state index in [0.29, 0.717) is 35.6 Å². The summed E-state index contributed by atoms with van der Waals surface area (Å²) in [7, 11) is 0. The number of nitrogens with zero attached hydrogens (tertiary/aromatic N) is 5. The molecule has 0 N–H and O–H groups in total. The third kappa shape index (κ3) is 4.42. The maximum Gasteiger partial charge on any atom is 0.277 e. The van der Waals surface area contributed by atoms with Crippen LogP contribution < -0.4 is 10.5 Å². The molecule has 3 aromatic rings. The number of fused-ring (bicyclic) bond motifs is 1. The molecule has 33 heavy (non-hydrogen) atoms. The van der Waals surface area contributed by atoms with Crippen LogP contribution in [0.3, 0.4) is 0 Å². The molecule has 2 aromatic heterocycles. The first-order valence-corrected chi connectivity index (χ1v) is 12.6. The lowest BCUT2D eigenvalue weighted by Gasteiger charge is -2.30. The highest BCUT2D eigenvalue weighted by atomic mass is 16.1. The summed E-state index contributed by atoms with van der Waals surface area (Å²) in [5, 5.41) is 10.1. The minimum Gasteiger partial charge on any atom is -0.357 e. The van der Waals surface area contributed by atoms with Crippen LogP contribution in [0.15, 0.2) is 41.5 Å². The number of hydrogen-bond donors (Lipinski definition) is 0. The van der Waals surface area contributed by atoms with Crippen molar-refractivity contribution in [3.63, 3.8) is 0 Å². The van der Waals surface area contributed by atoms with E-state index < -0.39 is 0 Å². The molecule has 1 aromatic carbocycles. The van der Waals surface area contributed by atoms with Gasteiger partial charge in [-0.2, -0.15) is 5.26 Å². The molecule has 2 fully saturated rings. The number of anilines is 1. The number of nitriles is 1. The molecule has 2 aliphatic rings. The molecular weight excluding hydrogens is 410 g/mol. The average Bonchev–Trinajstić information content (AvgIpc) is 3.19. The summed E-state index contributed by atoms with van der Waals surface area (Å²) in [6.45, 7) is 3.09. The molecule has 6 nitrogen and oxygen atoms in total. The van der Waals surface area contributed by atoms with Gasteiger partial charge in [-0.1, -0.05) is 62.4 Å². The van der Waals surface area contributed by atoms with Crippen LogP contribution in [-0.2, 0) is 13.1 Å². The molecule has 0 amide bonds. The molecule has 0 unspecified atom stereocenters. The SMILES string of the molecule is N#Cc1c(N2CCCCC2)n(Cc2ccccc2)c2c(=O)n(CCC3CCCCC3)cnc12. The quantitative estimate of drug-likeness (QED) is 0.533. The van der Waals surface area contributed by atoms with Crippen molar-refractivity contribution in [1.29, 1.82) is 5.26 Å². The normalized spacial score (nSPS) is 17.4. The van der Waals surface area contributed by atoms with Crippen molar-refractivity contribution in [2.45, 2.75) is 70.9 Å². The van der Waals surface area contributed by atoms with Gasteiger partial charge in [0.15, 0.2) is 0 Å². The average molecular weight is 444 g/mol. The minimum absolute atomic E-state index is 0.0218. The van der Waals surface area contributed by atoms with E-state index in [9.17, 15) is 10.1 Å². The topological polar surface area (TPSA) is 66.8 Å². The zero-order valence-corrected chi connectivity index (χ0v) is 19.4. The largest absolute Gasteiger partial charge is 0.357 e. The van der Waals surface area contributed by atoms with Crippen molar-refractivity contribution < 1.29 is 0 Å². The third-order valence-corrected chi connectivity index (χ3v) is 7.45. The van der Waals surface area contributed by atoms with E-state index >= 15 is 0 Å². The summed E-state index contributed by atoms with van der Waals surface area (Å²) >= 11 is 0. The van der Waals surface area contributed by atoms with Gasteiger partial charge in [0, 0.05) is 26.2 Å². The number of benzene rings is 1. The number of hydrogen-bond acceptors (Lipinski definition) is 4. The molecule has 0 radical (unpaired) electrons. The summed E-state index contributed by atoms with van der Waals surface area (Å²) < 4.78 is 3.85. The van der Waals surface area contributed by atoms with Crippen LogP contribution in [0.25, 0.3) is 11.0 Å². The summed E-state index contributed by atoms with van der Waals surface area (Å²) in [6, 6.07) is 12.6. The lowest BCUT2D eigenvalue weighted by molar-refractivity contribution is 0.322. The Morgan fingerprint density at radius 3 is 2.45 bits per heavy atom. The second-order valence-electron chi connectivity index (χ2n) is 9.66. The molecule has 1 saturated heterocycles. The molecule has 0 atom stereocenters. The fraction of sp³-hybridized carbons (Fsp3) is 0.519. The van der Waals surface area contributed by atoms with Crippen molar-refractivity contribution >= 4 is 16.9 Å². The predicted molar refractivity (Wildman–Crippen MR) is 132 cm³/mol. The van der Waals surface area contributed by atoms with Crippen molar-refractivity contribution in [3.05, 3.63) is 58.1 Å². The van der Waals surface area contributed by atoms with Gasteiger partial charge in [0.1, 0.15) is 28.5 Å². The third-order valence-electron chi connectivity index (χ3n) is 7.45. The standard InChI is InChI=1S/C27H33N5O/c28-18-23-24-25(27(33)31(20-29-24)17-14-21-10-4-1-5-11-21)32(19-22-12-6-2-7-13-22)26(23)30-15-8-3-9-16-30/h2,6-7,12-13,20-21H,1,3-5,8-11,14-17,19H2. The van der Waals surface area contributed by atoms with Gasteiger partial charge < -0.3 is 9.47 Å². The van der Waals surface area contributed by atoms with E-state index in [0.717, 1.165) is 43.7 Å². The lowest BCUT2D eigenvalue weighted by atomic mass is 9.87. The van der Waals surface area contributed by atoms with Crippen molar-refractivity contribution in [1.82, 2.24) is 14.1 Å². The molecule has 172 valence electrons. The Bertz CT molecular complexity index is 1190. The highest BCUT2D eigenvalue weighted by Crippen LogP contribution is 2.32. The maximum atomic E-state index is 13.8. The molecule has 1 aliphatic heterocycles. The highest BCUT2D eigenvalue weighted by Gasteiger charge is 2.27. The van der Waals surface area contributed by atoms with Crippen molar-refractivity contribution in [3.8, 4) is 6.07 Å². The van der Waals surface area contributed by atoms with Crippen LogP contribution >= 0.6 is 0 Å². The van der Waals surface area contributed by atoms with E-state index in [1.807, 2.05) is 18.2 Å². The molecule has 5 rings (SSSR count). The smallest absolute Gasteiger partial charge is 0.277 e. The number of rotatable bonds is 6. The van der Waals surface area contributed by atoms with E-state index in [-0.39, 0.29) is 5.56 Å². The maximum absolute atomic E-state index is 13.8. The summed E-state index contributed by atoms with van der Waals surface area (Å²) in [4.78, 5) is 20.7. The van der Waals surface area contributed by atoms with Crippen molar-refractivity contribution in [2.75, 3.05) is 18.0 Å². The van der Waals surface area contributed by atoms with Crippen LogP contribution in [0.4, 0.5) is 5.82 Å². The lowest BCUT2D eigenvalue weighted by Crippen LogP contribution is -2.32. The van der Waals surface area contributed by atoms with Gasteiger partial charge in [-0.25, -0.2) is 4.98 Å². The number of aryl methyl sites for hydroxylation is 1. The second-order valence-corrected chi connectivity index (χ2v) is 9.66. The molecule has 1 aliphatic carbocycles. The van der Waals surface area contributed by atoms with E-state index in [4.69, 9.17) is 0 Å². The van der Waals surface area contributed by atoms with E-state index in [1.54, 1.807) is 10.9 Å². The van der Waals surface area contributed by atoms with Crippen LogP contribution in [0.5, 0.6) is 0 Å². The summed E-state index contributed by atoms with van der Waals surface area (Å²) in [5.41, 5.74) is 2.76. The van der Waals surface area contributed by atoms with E-state index in [1.165, 1.54) is 38.5 Å². The molecule has 0 spiro atoms. The monoisotopic (exact) mass is 443 g/mol. The predicted octanol–water partition coefficient (Wildman–Crippen LogP) is 5.08. The molecular formula is C27H33N5O. The summed E-state index contributed by atoms with van der Waals surface area (Å²) in [5.74, 6) is 1.57. The first-order chi connectivity index (χ1) is 16.3. The molecule has 0 bridgehead atoms.